The average Bonchev–Trinajstić information content (AvgIpc) is 2.58. The second kappa shape index (κ2) is 5.28. The van der Waals surface area contributed by atoms with E-state index in [-0.39, 0.29) is 24.2 Å². The Hall–Kier alpha value is -1.07. The van der Waals surface area contributed by atoms with Gasteiger partial charge in [-0.1, -0.05) is 28.1 Å². The smallest absolute Gasteiger partial charge is 0.331 e. The van der Waals surface area contributed by atoms with E-state index in [4.69, 9.17) is 11.6 Å². The number of carbonyl (C=O) groups excluding carboxylic acids is 1. The van der Waals surface area contributed by atoms with Gasteiger partial charge in [0.25, 0.3) is 0 Å². The maximum absolute atomic E-state index is 11.8. The normalized spacial score (nSPS) is 21.1. The molecule has 1 N–H and O–H groups in total. The molecule has 0 aromatic heterocycles. The summed E-state index contributed by atoms with van der Waals surface area (Å²) in [5.41, 5.74) is 0.566. The monoisotopic (exact) mass is 331 g/mol. The number of alkyl halides is 1. The molecule has 1 aromatic rings. The fourth-order valence-corrected chi connectivity index (χ4v) is 2.77. The van der Waals surface area contributed by atoms with Crippen molar-refractivity contribution in [2.75, 3.05) is 6.54 Å². The number of benzene rings is 1. The van der Waals surface area contributed by atoms with E-state index in [0.29, 0.717) is 5.56 Å². The number of rotatable bonds is 3. The predicted molar refractivity (Wildman–Crippen MR) is 70.5 cm³/mol. The van der Waals surface area contributed by atoms with Crippen molar-refractivity contribution in [1.29, 1.82) is 0 Å². The first-order valence-corrected chi connectivity index (χ1v) is 6.64. The molecule has 1 saturated heterocycles. The molecule has 1 aliphatic rings. The molecule has 1 aromatic carbocycles. The van der Waals surface area contributed by atoms with E-state index in [1.54, 1.807) is 24.3 Å². The van der Waals surface area contributed by atoms with Gasteiger partial charge in [0.05, 0.1) is 5.38 Å². The van der Waals surface area contributed by atoms with Crippen LogP contribution in [0.3, 0.4) is 0 Å². The minimum Gasteiger partial charge on any atom is -0.479 e. The highest BCUT2D eigenvalue weighted by Crippen LogP contribution is 2.29. The fraction of sp³-hybridized carbons (Fsp3) is 0.333. The van der Waals surface area contributed by atoms with Crippen LogP contribution in [0, 0.1) is 0 Å². The number of hydrogen-bond acceptors (Lipinski definition) is 2. The Morgan fingerprint density at radius 1 is 1.56 bits per heavy atom. The molecule has 4 nitrogen and oxygen atoms in total. The summed E-state index contributed by atoms with van der Waals surface area (Å²) in [5, 5.41) is 9.02. The zero-order valence-electron chi connectivity index (χ0n) is 9.35. The van der Waals surface area contributed by atoms with Gasteiger partial charge >= 0.3 is 5.97 Å². The van der Waals surface area contributed by atoms with Crippen molar-refractivity contribution in [3.8, 4) is 0 Å². The maximum atomic E-state index is 11.8. The molecule has 0 spiro atoms. The molecule has 1 aliphatic heterocycles. The molecule has 0 radical (unpaired) electrons. The quantitative estimate of drug-likeness (QED) is 0.865. The molecule has 2 atom stereocenters. The van der Waals surface area contributed by atoms with E-state index in [0.717, 1.165) is 4.47 Å². The highest BCUT2D eigenvalue weighted by Gasteiger charge is 2.37. The first-order valence-electron chi connectivity index (χ1n) is 5.41. The van der Waals surface area contributed by atoms with E-state index < -0.39 is 12.0 Å². The highest BCUT2D eigenvalue weighted by molar-refractivity contribution is 9.10. The van der Waals surface area contributed by atoms with E-state index in [9.17, 15) is 14.7 Å². The van der Waals surface area contributed by atoms with Gasteiger partial charge in [0, 0.05) is 17.4 Å². The average molecular weight is 333 g/mol. The van der Waals surface area contributed by atoms with E-state index in [1.807, 2.05) is 0 Å². The molecule has 6 heteroatoms. The van der Waals surface area contributed by atoms with Crippen LogP contribution >= 0.6 is 27.5 Å². The zero-order valence-corrected chi connectivity index (χ0v) is 11.7. The van der Waals surface area contributed by atoms with Crippen LogP contribution < -0.4 is 0 Å². The number of carboxylic acids is 1. The van der Waals surface area contributed by atoms with Gasteiger partial charge in [0.2, 0.25) is 5.91 Å². The lowest BCUT2D eigenvalue weighted by Gasteiger charge is -2.24. The van der Waals surface area contributed by atoms with E-state index in [1.165, 1.54) is 4.90 Å². The van der Waals surface area contributed by atoms with Crippen molar-refractivity contribution in [2.45, 2.75) is 17.8 Å². The van der Waals surface area contributed by atoms with Crippen molar-refractivity contribution < 1.29 is 14.7 Å². The minimum absolute atomic E-state index is 0.194. The molecule has 2 rings (SSSR count). The molecule has 0 bridgehead atoms. The third-order valence-electron chi connectivity index (χ3n) is 2.82. The molecule has 1 fully saturated rings. The van der Waals surface area contributed by atoms with Crippen LogP contribution in [-0.4, -0.2) is 33.8 Å². The van der Waals surface area contributed by atoms with Crippen molar-refractivity contribution in [2.24, 2.45) is 0 Å². The van der Waals surface area contributed by atoms with Crippen LogP contribution in [0.1, 0.15) is 18.0 Å². The van der Waals surface area contributed by atoms with Gasteiger partial charge in [0.15, 0.2) is 6.04 Å². The van der Waals surface area contributed by atoms with Crippen LogP contribution in [0.4, 0.5) is 0 Å². The lowest BCUT2D eigenvalue weighted by atomic mass is 10.1. The summed E-state index contributed by atoms with van der Waals surface area (Å²) in [6.07, 6.45) is 0.194. The number of carbonyl (C=O) groups is 2. The Bertz CT molecular complexity index is 494. The van der Waals surface area contributed by atoms with Gasteiger partial charge < -0.3 is 10.0 Å². The summed E-state index contributed by atoms with van der Waals surface area (Å²) in [6, 6.07) is 5.97. The molecule has 1 amide bonds. The third kappa shape index (κ3) is 2.67. The first kappa shape index (κ1) is 13.4. The second-order valence-electron chi connectivity index (χ2n) is 4.14. The topological polar surface area (TPSA) is 57.6 Å². The summed E-state index contributed by atoms with van der Waals surface area (Å²) in [5.74, 6) is -1.27. The van der Waals surface area contributed by atoms with Crippen LogP contribution in [0.5, 0.6) is 0 Å². The molecular weight excluding hydrogens is 321 g/mol. The van der Waals surface area contributed by atoms with Crippen LogP contribution in [0.15, 0.2) is 28.7 Å². The number of carboxylic acid groups (broad SMARTS) is 1. The van der Waals surface area contributed by atoms with Crippen molar-refractivity contribution in [3.05, 3.63) is 34.3 Å². The van der Waals surface area contributed by atoms with E-state index in [2.05, 4.69) is 15.9 Å². The minimum atomic E-state index is -1.05. The highest BCUT2D eigenvalue weighted by atomic mass is 79.9. The fourth-order valence-electron chi connectivity index (χ4n) is 2.07. The third-order valence-corrected chi connectivity index (χ3v) is 3.61. The maximum Gasteiger partial charge on any atom is 0.331 e. The summed E-state index contributed by atoms with van der Waals surface area (Å²) >= 11 is 9.20. The van der Waals surface area contributed by atoms with E-state index >= 15 is 0 Å². The largest absolute Gasteiger partial charge is 0.479 e. The van der Waals surface area contributed by atoms with Gasteiger partial charge in [-0.15, -0.1) is 11.6 Å². The predicted octanol–water partition coefficient (Wildman–Crippen LogP) is 2.41. The van der Waals surface area contributed by atoms with Gasteiger partial charge in [-0.25, -0.2) is 4.79 Å². The standard InChI is InChI=1S/C12H11BrClNO3/c13-8-3-1-2-7(4-8)11(12(17)18)15-6-9(14)5-10(15)16/h1-4,9,11H,5-6H2,(H,17,18). The van der Waals surface area contributed by atoms with Gasteiger partial charge in [-0.05, 0) is 17.7 Å². The molecule has 0 saturated carbocycles. The number of halogens is 2. The molecule has 96 valence electrons. The summed E-state index contributed by atoms with van der Waals surface area (Å²) in [6.45, 7) is 0.268. The SMILES string of the molecule is O=C(O)C(c1cccc(Br)c1)N1CC(Cl)CC1=O. The summed E-state index contributed by atoms with van der Waals surface area (Å²) in [7, 11) is 0. The lowest BCUT2D eigenvalue weighted by Crippen LogP contribution is -2.35. The number of hydrogen-bond donors (Lipinski definition) is 1. The Balaban J connectivity index is 2.35. The number of nitrogens with zero attached hydrogens (tertiary/aromatic N) is 1. The molecule has 18 heavy (non-hydrogen) atoms. The van der Waals surface area contributed by atoms with Gasteiger partial charge in [-0.3, -0.25) is 4.79 Å². The van der Waals surface area contributed by atoms with Crippen molar-refractivity contribution in [1.82, 2.24) is 4.90 Å². The molecule has 2 unspecified atom stereocenters. The van der Waals surface area contributed by atoms with Crippen LogP contribution in [-0.2, 0) is 9.59 Å². The number of aliphatic carboxylic acids is 1. The van der Waals surface area contributed by atoms with Gasteiger partial charge in [0.1, 0.15) is 0 Å². The van der Waals surface area contributed by atoms with Crippen molar-refractivity contribution in [3.63, 3.8) is 0 Å². The van der Waals surface area contributed by atoms with Gasteiger partial charge in [-0.2, -0.15) is 0 Å². The molecule has 0 aliphatic carbocycles. The molecular formula is C12H11BrClNO3. The Morgan fingerprint density at radius 2 is 2.28 bits per heavy atom. The number of likely N-dealkylation sites (tertiary alicyclic amines) is 1. The lowest BCUT2D eigenvalue weighted by molar-refractivity contribution is -0.148. The first-order chi connectivity index (χ1) is 8.49. The van der Waals surface area contributed by atoms with Crippen LogP contribution in [0.25, 0.3) is 0 Å². The Morgan fingerprint density at radius 3 is 2.78 bits per heavy atom. The van der Waals surface area contributed by atoms with Crippen molar-refractivity contribution >= 4 is 39.4 Å². The summed E-state index contributed by atoms with van der Waals surface area (Å²) in [4.78, 5) is 24.5. The second-order valence-corrected chi connectivity index (χ2v) is 5.68. The Kier molecular flexibility index (Phi) is 3.92. The zero-order chi connectivity index (χ0) is 13.3. The van der Waals surface area contributed by atoms with Crippen LogP contribution in [0.2, 0.25) is 0 Å². The Labute approximate surface area is 118 Å². The number of amides is 1. The summed E-state index contributed by atoms with van der Waals surface area (Å²) < 4.78 is 0.778. The molecule has 1 heterocycles.